The van der Waals surface area contributed by atoms with Gasteiger partial charge in [-0.3, -0.25) is 0 Å². The van der Waals surface area contributed by atoms with Crippen LogP contribution in [0.4, 0.5) is 0 Å². The van der Waals surface area contributed by atoms with Crippen molar-refractivity contribution in [3.05, 3.63) is 5.82 Å². The van der Waals surface area contributed by atoms with E-state index in [4.69, 9.17) is 4.52 Å². The van der Waals surface area contributed by atoms with Crippen LogP contribution in [0.2, 0.25) is 13.3 Å². The summed E-state index contributed by atoms with van der Waals surface area (Å²) >= 11 is -2.42. The number of nitrogens with zero attached hydrogens (tertiary/aromatic N) is 2. The molecule has 1 aromatic heterocycles. The first-order valence-electron chi connectivity index (χ1n) is 7.99. The van der Waals surface area contributed by atoms with E-state index in [0.717, 1.165) is 9.73 Å². The van der Waals surface area contributed by atoms with Crippen molar-refractivity contribution in [2.45, 2.75) is 79.5 Å². The maximum absolute atomic E-state index is 5.65. The van der Waals surface area contributed by atoms with E-state index in [1.165, 1.54) is 51.8 Å². The topological polar surface area (TPSA) is 38.9 Å². The summed E-state index contributed by atoms with van der Waals surface area (Å²) in [6.45, 7) is 8.81. The zero-order valence-electron chi connectivity index (χ0n) is 13.2. The summed E-state index contributed by atoms with van der Waals surface area (Å²) in [6.07, 6.45) is 7.86. The van der Waals surface area contributed by atoms with Crippen LogP contribution in [0.1, 0.15) is 65.1 Å². The molecule has 0 saturated carbocycles. The van der Waals surface area contributed by atoms with Crippen molar-refractivity contribution < 1.29 is 4.52 Å². The van der Waals surface area contributed by atoms with Crippen LogP contribution in [0, 0.1) is 6.92 Å². The van der Waals surface area contributed by atoms with Crippen LogP contribution in [0.25, 0.3) is 0 Å². The molecule has 1 heterocycles. The second-order valence-electron chi connectivity index (χ2n) is 5.74. The van der Waals surface area contributed by atoms with Gasteiger partial charge in [0.25, 0.3) is 0 Å². The molecule has 0 aliphatic carbocycles. The van der Waals surface area contributed by atoms with Gasteiger partial charge in [-0.2, -0.15) is 0 Å². The number of aryl methyl sites for hydroxylation is 1. The van der Waals surface area contributed by atoms with Gasteiger partial charge in [0.05, 0.1) is 0 Å². The van der Waals surface area contributed by atoms with E-state index in [2.05, 4.69) is 30.9 Å². The second-order valence-corrected chi connectivity index (χ2v) is 18.5. The molecule has 1 rings (SSSR count). The number of hydrogen-bond donors (Lipinski definition) is 0. The van der Waals surface area contributed by atoms with Crippen molar-refractivity contribution in [2.75, 3.05) is 0 Å². The van der Waals surface area contributed by atoms with Crippen LogP contribution in [-0.4, -0.2) is 28.5 Å². The first-order chi connectivity index (χ1) is 9.18. The molecule has 0 atom stereocenters. The summed E-state index contributed by atoms with van der Waals surface area (Å²) in [5.74, 6) is 0.820. The second kappa shape index (κ2) is 8.98. The molecular weight excluding hydrogens is 343 g/mol. The molecule has 1 aromatic rings. The molecule has 0 saturated heterocycles. The van der Waals surface area contributed by atoms with E-state index in [9.17, 15) is 0 Å². The Kier molecular flexibility index (Phi) is 8.03. The summed E-state index contributed by atoms with van der Waals surface area (Å²) in [5.41, 5.74) is 0. The fourth-order valence-corrected chi connectivity index (χ4v) is 17.4. The number of unbranched alkanes of at least 4 members (excludes halogenated alkanes) is 3. The van der Waals surface area contributed by atoms with Crippen LogP contribution < -0.4 is 3.91 Å². The van der Waals surface area contributed by atoms with Gasteiger partial charge in [-0.25, -0.2) is 0 Å². The molecular formula is C15H30N2OSn. The average molecular weight is 373 g/mol. The first-order valence-corrected chi connectivity index (χ1v) is 15.5. The van der Waals surface area contributed by atoms with Gasteiger partial charge in [0.1, 0.15) is 0 Å². The van der Waals surface area contributed by atoms with E-state index in [0.29, 0.717) is 0 Å². The average Bonchev–Trinajstić information content (AvgIpc) is 2.85. The zero-order valence-corrected chi connectivity index (χ0v) is 16.0. The Bertz CT molecular complexity index is 330. The van der Waals surface area contributed by atoms with Gasteiger partial charge in [0.2, 0.25) is 0 Å². The predicted molar refractivity (Wildman–Crippen MR) is 83.6 cm³/mol. The van der Waals surface area contributed by atoms with Gasteiger partial charge >= 0.3 is 122 Å². The van der Waals surface area contributed by atoms with E-state index >= 15 is 0 Å². The standard InChI is InChI=1S/3C4H9.C3H3N2O.Sn/c3*1-3-4-2;1-3-4-2-6-5-3;/h3*1,3-4H2,2H3;1H3;. The van der Waals surface area contributed by atoms with Crippen LogP contribution >= 0.6 is 0 Å². The van der Waals surface area contributed by atoms with Crippen LogP contribution in [0.15, 0.2) is 4.52 Å². The quantitative estimate of drug-likeness (QED) is 0.570. The Balaban J connectivity index is 2.93. The zero-order chi connectivity index (χ0) is 14.1. The van der Waals surface area contributed by atoms with E-state index < -0.39 is 18.4 Å². The number of hydrogen-bond acceptors (Lipinski definition) is 3. The predicted octanol–water partition coefficient (Wildman–Crippen LogP) is 4.43. The van der Waals surface area contributed by atoms with Gasteiger partial charge in [-0.05, 0) is 0 Å². The number of rotatable bonds is 10. The van der Waals surface area contributed by atoms with Gasteiger partial charge in [-0.1, -0.05) is 0 Å². The molecule has 0 radical (unpaired) electrons. The third-order valence-corrected chi connectivity index (χ3v) is 18.4. The van der Waals surface area contributed by atoms with Crippen molar-refractivity contribution in [3.63, 3.8) is 0 Å². The Labute approximate surface area is 122 Å². The van der Waals surface area contributed by atoms with E-state index in [1.807, 2.05) is 6.92 Å². The Hall–Kier alpha value is -0.0613. The third kappa shape index (κ3) is 5.08. The van der Waals surface area contributed by atoms with Crippen molar-refractivity contribution in [2.24, 2.45) is 0 Å². The first kappa shape index (κ1) is 17.0. The number of aromatic nitrogens is 2. The third-order valence-electron chi connectivity index (χ3n) is 4.01. The van der Waals surface area contributed by atoms with Crippen molar-refractivity contribution in [1.82, 2.24) is 10.1 Å². The maximum atomic E-state index is 5.65. The summed E-state index contributed by atoms with van der Waals surface area (Å²) < 4.78 is 10.9. The summed E-state index contributed by atoms with van der Waals surface area (Å²) in [6, 6.07) is 0. The molecule has 110 valence electrons. The van der Waals surface area contributed by atoms with E-state index in [-0.39, 0.29) is 0 Å². The summed E-state index contributed by atoms with van der Waals surface area (Å²) in [7, 11) is 0. The van der Waals surface area contributed by atoms with Crippen molar-refractivity contribution in [1.29, 1.82) is 0 Å². The molecule has 0 bridgehead atoms. The van der Waals surface area contributed by atoms with Gasteiger partial charge in [-0.15, -0.1) is 0 Å². The molecule has 0 unspecified atom stereocenters. The van der Waals surface area contributed by atoms with Crippen molar-refractivity contribution >= 4 is 22.3 Å². The van der Waals surface area contributed by atoms with Crippen molar-refractivity contribution in [3.8, 4) is 0 Å². The normalized spacial score (nSPS) is 12.0. The Morgan fingerprint density at radius 3 is 1.68 bits per heavy atom. The molecule has 0 aromatic carbocycles. The SMILES string of the molecule is CCC[CH2][Sn]([CH2]CCC)([CH2]CCC)[c]1nc(C)no1. The fourth-order valence-electron chi connectivity index (χ4n) is 2.75. The van der Waals surface area contributed by atoms with Gasteiger partial charge in [0.15, 0.2) is 0 Å². The molecule has 0 amide bonds. The molecule has 3 nitrogen and oxygen atoms in total. The van der Waals surface area contributed by atoms with Gasteiger partial charge in [0, 0.05) is 0 Å². The minimum atomic E-state index is -2.42. The minimum absolute atomic E-state index is 0.820. The summed E-state index contributed by atoms with van der Waals surface area (Å²) in [4.78, 5) is 4.66. The van der Waals surface area contributed by atoms with Crippen LogP contribution in [0.3, 0.4) is 0 Å². The molecule has 0 spiro atoms. The molecule has 0 aliphatic rings. The summed E-state index contributed by atoms with van der Waals surface area (Å²) in [5, 5.41) is 4.07. The Morgan fingerprint density at radius 1 is 0.895 bits per heavy atom. The molecule has 0 aliphatic heterocycles. The molecule has 0 fully saturated rings. The Morgan fingerprint density at radius 2 is 1.37 bits per heavy atom. The molecule has 0 N–H and O–H groups in total. The fraction of sp³-hybridized carbons (Fsp3) is 0.867. The van der Waals surface area contributed by atoms with Crippen LogP contribution in [-0.2, 0) is 0 Å². The monoisotopic (exact) mass is 374 g/mol. The molecule has 4 heteroatoms. The van der Waals surface area contributed by atoms with Crippen LogP contribution in [0.5, 0.6) is 0 Å². The van der Waals surface area contributed by atoms with E-state index in [1.54, 1.807) is 0 Å². The van der Waals surface area contributed by atoms with Gasteiger partial charge < -0.3 is 0 Å². The molecule has 19 heavy (non-hydrogen) atoms.